The molecule has 3 rings (SSSR count). The normalized spacial score (nSPS) is 11.2. The van der Waals surface area contributed by atoms with Gasteiger partial charge in [-0.1, -0.05) is 23.1 Å². The van der Waals surface area contributed by atoms with Gasteiger partial charge < -0.3 is 10.7 Å². The molecule has 0 saturated carbocycles. The molecule has 0 fully saturated rings. The number of aromatic nitrogens is 4. The average molecular weight is 353 g/mol. The third-order valence-electron chi connectivity index (χ3n) is 2.92. The number of nitrogens with zero attached hydrogens (tertiary/aromatic N) is 3. The summed E-state index contributed by atoms with van der Waals surface area (Å²) in [4.78, 5) is 32.2. The molecule has 0 atom stereocenters. The third kappa shape index (κ3) is 2.76. The molecule has 0 spiro atoms. The number of fused-ring (bicyclic) bond motifs is 1. The number of aromatic amines is 1. The number of anilines is 1. The Labute approximate surface area is 137 Å². The van der Waals surface area contributed by atoms with Crippen LogP contribution in [-0.4, -0.2) is 25.9 Å². The highest BCUT2D eigenvalue weighted by Gasteiger charge is 2.17. The molecule has 114 valence electrons. The Balaban J connectivity index is 1.95. The van der Waals surface area contributed by atoms with E-state index in [-0.39, 0.29) is 11.3 Å². The summed E-state index contributed by atoms with van der Waals surface area (Å²) in [7, 11) is 0. The second kappa shape index (κ2) is 5.78. The van der Waals surface area contributed by atoms with E-state index < -0.39 is 0 Å². The molecule has 3 heterocycles. The van der Waals surface area contributed by atoms with Crippen molar-refractivity contribution in [3.05, 3.63) is 26.6 Å². The average Bonchev–Trinajstić information content (AvgIpc) is 3.01. The van der Waals surface area contributed by atoms with Crippen LogP contribution in [0.2, 0.25) is 0 Å². The Morgan fingerprint density at radius 2 is 2.14 bits per heavy atom. The van der Waals surface area contributed by atoms with Crippen LogP contribution in [0.15, 0.2) is 9.13 Å². The van der Waals surface area contributed by atoms with Gasteiger partial charge in [-0.2, -0.15) is 0 Å². The molecule has 0 radical (unpaired) electrons. The second-order valence-corrected chi connectivity index (χ2v) is 7.73. The smallest absolute Gasteiger partial charge is 0.259 e. The Morgan fingerprint density at radius 3 is 2.77 bits per heavy atom. The SMILES string of the molecule is CC(=O)c1sc2nc(CSc3nnc(N)s3)[nH]c(=O)c2c1C. The van der Waals surface area contributed by atoms with Crippen molar-refractivity contribution < 1.29 is 4.79 Å². The van der Waals surface area contributed by atoms with Crippen LogP contribution in [0.3, 0.4) is 0 Å². The number of aryl methyl sites for hydroxylation is 1. The predicted molar refractivity (Wildman–Crippen MR) is 88.9 cm³/mol. The van der Waals surface area contributed by atoms with Gasteiger partial charge in [0.25, 0.3) is 5.56 Å². The maximum atomic E-state index is 12.2. The van der Waals surface area contributed by atoms with Crippen molar-refractivity contribution in [2.75, 3.05) is 5.73 Å². The van der Waals surface area contributed by atoms with Crippen molar-refractivity contribution in [3.8, 4) is 0 Å². The lowest BCUT2D eigenvalue weighted by Gasteiger charge is -1.98. The van der Waals surface area contributed by atoms with Gasteiger partial charge >= 0.3 is 0 Å². The highest BCUT2D eigenvalue weighted by atomic mass is 32.2. The van der Waals surface area contributed by atoms with Crippen LogP contribution >= 0.6 is 34.4 Å². The van der Waals surface area contributed by atoms with Crippen LogP contribution in [0.4, 0.5) is 5.13 Å². The second-order valence-electron chi connectivity index (χ2n) is 4.50. The maximum absolute atomic E-state index is 12.2. The van der Waals surface area contributed by atoms with Crippen molar-refractivity contribution in [1.29, 1.82) is 0 Å². The number of carbonyl (C=O) groups excluding carboxylic acids is 1. The molecule has 0 amide bonds. The third-order valence-corrected chi connectivity index (χ3v) is 6.11. The van der Waals surface area contributed by atoms with Crippen molar-refractivity contribution in [1.82, 2.24) is 20.2 Å². The van der Waals surface area contributed by atoms with E-state index in [1.54, 1.807) is 6.92 Å². The largest absolute Gasteiger partial charge is 0.374 e. The molecule has 0 aliphatic heterocycles. The van der Waals surface area contributed by atoms with Gasteiger partial charge in [0.1, 0.15) is 10.7 Å². The number of H-pyrrole nitrogens is 1. The number of thiophene rings is 1. The quantitative estimate of drug-likeness (QED) is 0.546. The maximum Gasteiger partial charge on any atom is 0.259 e. The van der Waals surface area contributed by atoms with E-state index in [1.165, 1.54) is 41.4 Å². The summed E-state index contributed by atoms with van der Waals surface area (Å²) in [6, 6.07) is 0. The van der Waals surface area contributed by atoms with Crippen molar-refractivity contribution in [3.63, 3.8) is 0 Å². The lowest BCUT2D eigenvalue weighted by molar-refractivity contribution is 0.102. The molecule has 22 heavy (non-hydrogen) atoms. The number of nitrogens with two attached hydrogens (primary N) is 1. The van der Waals surface area contributed by atoms with Crippen LogP contribution in [0.25, 0.3) is 10.2 Å². The Kier molecular flexibility index (Phi) is 3.98. The van der Waals surface area contributed by atoms with Gasteiger partial charge in [-0.3, -0.25) is 9.59 Å². The molecule has 0 bridgehead atoms. The van der Waals surface area contributed by atoms with E-state index in [2.05, 4.69) is 20.2 Å². The van der Waals surface area contributed by atoms with Crippen molar-refractivity contribution >= 4 is 55.6 Å². The first-order valence-corrected chi connectivity index (χ1v) is 8.82. The number of nitrogen functional groups attached to an aromatic ring is 1. The Hall–Kier alpha value is -1.78. The van der Waals surface area contributed by atoms with Crippen LogP contribution in [0, 0.1) is 6.92 Å². The molecule has 3 aromatic heterocycles. The molecule has 0 saturated heterocycles. The zero-order chi connectivity index (χ0) is 15.9. The zero-order valence-corrected chi connectivity index (χ0v) is 14.1. The number of carbonyl (C=O) groups is 1. The standard InChI is InChI=1S/C12H11N5O2S3/c1-4-7-9(19)14-6(3-20-12-17-16-11(13)22-12)15-10(7)21-8(4)5(2)18/h3H2,1-2H3,(H2,13,16)(H,14,15,19). The molecule has 10 heteroatoms. The van der Waals surface area contributed by atoms with Gasteiger partial charge in [0.2, 0.25) is 5.13 Å². The highest BCUT2D eigenvalue weighted by molar-refractivity contribution is 8.00. The molecule has 0 unspecified atom stereocenters. The molecule has 0 aliphatic carbocycles. The fourth-order valence-corrected chi connectivity index (χ4v) is 4.60. The van der Waals surface area contributed by atoms with Crippen LogP contribution in [0.5, 0.6) is 0 Å². The number of nitrogens with one attached hydrogen (secondary N) is 1. The number of hydrogen-bond donors (Lipinski definition) is 2. The fourth-order valence-electron chi connectivity index (χ4n) is 2.00. The fraction of sp³-hybridized carbons (Fsp3) is 0.250. The molecule has 0 aliphatic rings. The van der Waals surface area contributed by atoms with Gasteiger partial charge in [0.05, 0.1) is 16.0 Å². The predicted octanol–water partition coefficient (Wildman–Crippen LogP) is 2.22. The number of rotatable bonds is 4. The lowest BCUT2D eigenvalue weighted by atomic mass is 10.2. The summed E-state index contributed by atoms with van der Waals surface area (Å²) >= 11 is 3.93. The number of ketones is 1. The van der Waals surface area contributed by atoms with Crippen LogP contribution in [-0.2, 0) is 5.75 Å². The molecule has 0 aromatic carbocycles. The van der Waals surface area contributed by atoms with Gasteiger partial charge in [-0.05, 0) is 19.4 Å². The first kappa shape index (κ1) is 15.1. The molecule has 3 N–H and O–H groups in total. The van der Waals surface area contributed by atoms with Crippen LogP contribution in [0.1, 0.15) is 28.0 Å². The number of hydrogen-bond acceptors (Lipinski definition) is 9. The highest BCUT2D eigenvalue weighted by Crippen LogP contribution is 2.29. The number of Topliss-reactive ketones (excluding diaryl/α,β-unsaturated/α-hetero) is 1. The zero-order valence-electron chi connectivity index (χ0n) is 11.7. The summed E-state index contributed by atoms with van der Waals surface area (Å²) in [5.74, 6) is 0.930. The molecule has 3 aromatic rings. The summed E-state index contributed by atoms with van der Waals surface area (Å²) < 4.78 is 0.715. The van der Waals surface area contributed by atoms with Gasteiger partial charge in [0.15, 0.2) is 10.1 Å². The molecular formula is C12H11N5O2S3. The minimum Gasteiger partial charge on any atom is -0.374 e. The summed E-state index contributed by atoms with van der Waals surface area (Å²) in [6.07, 6.45) is 0. The molecular weight excluding hydrogens is 342 g/mol. The van der Waals surface area contributed by atoms with Gasteiger partial charge in [0, 0.05) is 0 Å². The topological polar surface area (TPSA) is 115 Å². The van der Waals surface area contributed by atoms with E-state index in [9.17, 15) is 9.59 Å². The van der Waals surface area contributed by atoms with Gasteiger partial charge in [-0.25, -0.2) is 4.98 Å². The van der Waals surface area contributed by atoms with E-state index >= 15 is 0 Å². The Bertz CT molecular complexity index is 927. The number of thioether (sulfide) groups is 1. The van der Waals surface area contributed by atoms with E-state index in [0.717, 1.165) is 0 Å². The minimum atomic E-state index is -0.223. The van der Waals surface area contributed by atoms with Gasteiger partial charge in [-0.15, -0.1) is 21.5 Å². The molecule has 7 nitrogen and oxygen atoms in total. The lowest BCUT2D eigenvalue weighted by Crippen LogP contribution is -2.11. The van der Waals surface area contributed by atoms with Crippen LogP contribution < -0.4 is 11.3 Å². The first-order valence-electron chi connectivity index (χ1n) is 6.20. The van der Waals surface area contributed by atoms with E-state index in [1.807, 2.05) is 0 Å². The Morgan fingerprint density at radius 1 is 1.36 bits per heavy atom. The minimum absolute atomic E-state index is 0.0554. The van der Waals surface area contributed by atoms with Crippen molar-refractivity contribution in [2.24, 2.45) is 0 Å². The summed E-state index contributed by atoms with van der Waals surface area (Å²) in [5.41, 5.74) is 5.99. The van der Waals surface area contributed by atoms with Crippen molar-refractivity contribution in [2.45, 2.75) is 23.9 Å². The monoisotopic (exact) mass is 353 g/mol. The van der Waals surface area contributed by atoms with E-state index in [0.29, 0.717) is 41.7 Å². The summed E-state index contributed by atoms with van der Waals surface area (Å²) in [6.45, 7) is 3.26. The van der Waals surface area contributed by atoms with E-state index in [4.69, 9.17) is 5.73 Å². The first-order chi connectivity index (χ1) is 10.5. The summed E-state index contributed by atoms with van der Waals surface area (Å²) in [5, 5.41) is 8.52.